The van der Waals surface area contributed by atoms with E-state index in [1.54, 1.807) is 6.92 Å². The molecule has 0 bridgehead atoms. The zero-order valence-corrected chi connectivity index (χ0v) is 15.2. The van der Waals surface area contributed by atoms with E-state index in [-0.39, 0.29) is 0 Å². The highest BCUT2D eigenvalue weighted by Gasteiger charge is 2.31. The van der Waals surface area contributed by atoms with Crippen molar-refractivity contribution in [3.63, 3.8) is 0 Å². The van der Waals surface area contributed by atoms with Crippen molar-refractivity contribution in [1.29, 1.82) is 0 Å². The lowest BCUT2D eigenvalue weighted by Crippen LogP contribution is -2.37. The van der Waals surface area contributed by atoms with Gasteiger partial charge in [-0.25, -0.2) is 4.79 Å². The van der Waals surface area contributed by atoms with E-state index in [1.807, 2.05) is 6.92 Å². The highest BCUT2D eigenvalue weighted by molar-refractivity contribution is 5.76. The van der Waals surface area contributed by atoms with E-state index in [0.29, 0.717) is 13.0 Å². The fourth-order valence-electron chi connectivity index (χ4n) is 2.56. The van der Waals surface area contributed by atoms with Crippen molar-refractivity contribution in [2.75, 3.05) is 6.61 Å². The lowest BCUT2D eigenvalue weighted by atomic mass is 10.0. The molecule has 0 aromatic heterocycles. The van der Waals surface area contributed by atoms with Crippen LogP contribution in [0.2, 0.25) is 0 Å². The van der Waals surface area contributed by atoms with Crippen LogP contribution in [0.1, 0.15) is 104 Å². The maximum Gasteiger partial charge on any atom is 0.335 e. The van der Waals surface area contributed by atoms with Crippen LogP contribution in [0.15, 0.2) is 0 Å². The Labute approximate surface area is 137 Å². The van der Waals surface area contributed by atoms with Crippen LogP contribution in [0, 0.1) is 0 Å². The summed E-state index contributed by atoms with van der Waals surface area (Å²) in [5.74, 6) is -0.853. The fourth-order valence-corrected chi connectivity index (χ4v) is 2.56. The van der Waals surface area contributed by atoms with Crippen LogP contribution in [0.3, 0.4) is 0 Å². The molecule has 1 N–H and O–H groups in total. The summed E-state index contributed by atoms with van der Waals surface area (Å²) in [6, 6.07) is 0. The molecular weight excluding hydrogens is 276 g/mol. The predicted molar refractivity (Wildman–Crippen MR) is 93.4 cm³/mol. The average Bonchev–Trinajstić information content (AvgIpc) is 2.51. The Morgan fingerprint density at radius 3 is 1.59 bits per heavy atom. The van der Waals surface area contributed by atoms with Gasteiger partial charge in [-0.1, -0.05) is 84.5 Å². The van der Waals surface area contributed by atoms with Crippen LogP contribution in [-0.4, -0.2) is 23.3 Å². The van der Waals surface area contributed by atoms with Crippen LogP contribution in [-0.2, 0) is 9.53 Å². The standard InChI is InChI=1S/C19H38O3/c1-4-6-7-8-9-10-11-12-13-14-15-16-17-22-19(3,5-2)18(20)21/h4-17H2,1-3H3,(H,20,21). The molecule has 0 rings (SSSR count). The molecule has 1 unspecified atom stereocenters. The van der Waals surface area contributed by atoms with Crippen molar-refractivity contribution in [1.82, 2.24) is 0 Å². The zero-order chi connectivity index (χ0) is 16.7. The fraction of sp³-hybridized carbons (Fsp3) is 0.947. The molecule has 0 heterocycles. The predicted octanol–water partition coefficient (Wildman–Crippen LogP) is 5.96. The molecule has 0 aromatic rings. The van der Waals surface area contributed by atoms with Crippen LogP contribution >= 0.6 is 0 Å². The van der Waals surface area contributed by atoms with Gasteiger partial charge in [0.25, 0.3) is 0 Å². The number of hydrogen-bond donors (Lipinski definition) is 1. The third kappa shape index (κ3) is 11.1. The van der Waals surface area contributed by atoms with Crippen molar-refractivity contribution in [2.24, 2.45) is 0 Å². The third-order valence-electron chi connectivity index (χ3n) is 4.55. The minimum Gasteiger partial charge on any atom is -0.479 e. The molecule has 0 saturated carbocycles. The molecule has 3 nitrogen and oxygen atoms in total. The molecule has 0 aliphatic carbocycles. The van der Waals surface area contributed by atoms with E-state index >= 15 is 0 Å². The molecule has 1 atom stereocenters. The maximum atomic E-state index is 11.1. The summed E-state index contributed by atoms with van der Waals surface area (Å²) in [6.07, 6.45) is 16.2. The van der Waals surface area contributed by atoms with Gasteiger partial charge in [0.1, 0.15) is 0 Å². The van der Waals surface area contributed by atoms with Gasteiger partial charge in [-0.2, -0.15) is 0 Å². The highest BCUT2D eigenvalue weighted by Crippen LogP contribution is 2.17. The van der Waals surface area contributed by atoms with Crippen molar-refractivity contribution < 1.29 is 14.6 Å². The van der Waals surface area contributed by atoms with E-state index < -0.39 is 11.6 Å². The monoisotopic (exact) mass is 314 g/mol. The number of aliphatic carboxylic acids is 1. The lowest BCUT2D eigenvalue weighted by molar-refractivity contribution is -0.164. The molecule has 0 amide bonds. The van der Waals surface area contributed by atoms with Gasteiger partial charge in [0.2, 0.25) is 0 Å². The molecule has 0 saturated heterocycles. The van der Waals surface area contributed by atoms with Crippen molar-refractivity contribution in [3.8, 4) is 0 Å². The second-order valence-electron chi connectivity index (χ2n) is 6.63. The summed E-state index contributed by atoms with van der Waals surface area (Å²) in [5.41, 5.74) is -1.00. The minimum absolute atomic E-state index is 0.514. The number of carbonyl (C=O) groups is 1. The quantitative estimate of drug-likeness (QED) is 0.358. The van der Waals surface area contributed by atoms with Crippen molar-refractivity contribution in [2.45, 2.75) is 110 Å². The van der Waals surface area contributed by atoms with Gasteiger partial charge in [0, 0.05) is 6.61 Å². The summed E-state index contributed by atoms with van der Waals surface area (Å²) in [6.45, 7) is 6.34. The summed E-state index contributed by atoms with van der Waals surface area (Å²) in [7, 11) is 0. The van der Waals surface area contributed by atoms with Crippen LogP contribution in [0.5, 0.6) is 0 Å². The first-order valence-corrected chi connectivity index (χ1v) is 9.44. The molecule has 0 aromatic carbocycles. The SMILES string of the molecule is CCCCCCCCCCCCCCOC(C)(CC)C(=O)O. The third-order valence-corrected chi connectivity index (χ3v) is 4.55. The molecule has 3 heteroatoms. The topological polar surface area (TPSA) is 46.5 Å². The first-order valence-electron chi connectivity index (χ1n) is 9.44. The van der Waals surface area contributed by atoms with E-state index in [1.165, 1.54) is 64.2 Å². The Balaban J connectivity index is 3.29. The number of rotatable bonds is 16. The Morgan fingerprint density at radius 2 is 1.23 bits per heavy atom. The first-order chi connectivity index (χ1) is 10.6. The number of carboxylic acids is 1. The summed E-state index contributed by atoms with van der Waals surface area (Å²) < 4.78 is 5.53. The minimum atomic E-state index is -1.00. The Morgan fingerprint density at radius 1 is 0.818 bits per heavy atom. The van der Waals surface area contributed by atoms with Crippen molar-refractivity contribution >= 4 is 5.97 Å². The van der Waals surface area contributed by atoms with Gasteiger partial charge in [-0.15, -0.1) is 0 Å². The second-order valence-corrected chi connectivity index (χ2v) is 6.63. The molecule has 0 fully saturated rings. The normalized spacial score (nSPS) is 14.0. The smallest absolute Gasteiger partial charge is 0.335 e. The molecule has 0 radical (unpaired) electrons. The molecule has 0 aliphatic heterocycles. The van der Waals surface area contributed by atoms with Crippen LogP contribution in [0.4, 0.5) is 0 Å². The second kappa shape index (κ2) is 14.0. The molecule has 0 spiro atoms. The summed E-state index contributed by atoms with van der Waals surface area (Å²) in [4.78, 5) is 11.1. The summed E-state index contributed by atoms with van der Waals surface area (Å²) in [5, 5.41) is 9.10. The first kappa shape index (κ1) is 21.4. The molecule has 0 aliphatic rings. The number of hydrogen-bond acceptors (Lipinski definition) is 2. The van der Waals surface area contributed by atoms with Crippen LogP contribution in [0.25, 0.3) is 0 Å². The summed E-state index contributed by atoms with van der Waals surface area (Å²) >= 11 is 0. The van der Waals surface area contributed by atoms with E-state index in [9.17, 15) is 4.79 Å². The van der Waals surface area contributed by atoms with Gasteiger partial charge in [-0.05, 0) is 19.8 Å². The maximum absolute atomic E-state index is 11.1. The molecule has 132 valence electrons. The average molecular weight is 315 g/mol. The zero-order valence-electron chi connectivity index (χ0n) is 15.2. The Bertz CT molecular complexity index is 265. The Kier molecular flexibility index (Phi) is 13.7. The molecular formula is C19H38O3. The van der Waals surface area contributed by atoms with E-state index in [2.05, 4.69) is 6.92 Å². The number of unbranched alkanes of at least 4 members (excludes halogenated alkanes) is 11. The largest absolute Gasteiger partial charge is 0.479 e. The Hall–Kier alpha value is -0.570. The van der Waals surface area contributed by atoms with Gasteiger partial charge in [-0.3, -0.25) is 0 Å². The highest BCUT2D eigenvalue weighted by atomic mass is 16.5. The van der Waals surface area contributed by atoms with Gasteiger partial charge >= 0.3 is 5.97 Å². The van der Waals surface area contributed by atoms with Gasteiger partial charge < -0.3 is 9.84 Å². The van der Waals surface area contributed by atoms with E-state index in [0.717, 1.165) is 12.8 Å². The van der Waals surface area contributed by atoms with Crippen LogP contribution < -0.4 is 0 Å². The number of ether oxygens (including phenoxy) is 1. The van der Waals surface area contributed by atoms with Gasteiger partial charge in [0.15, 0.2) is 5.60 Å². The van der Waals surface area contributed by atoms with Gasteiger partial charge in [0.05, 0.1) is 0 Å². The number of carboxylic acid groups (broad SMARTS) is 1. The lowest BCUT2D eigenvalue weighted by Gasteiger charge is -2.23. The van der Waals surface area contributed by atoms with E-state index in [4.69, 9.17) is 9.84 Å². The molecule has 22 heavy (non-hydrogen) atoms. The van der Waals surface area contributed by atoms with Crippen molar-refractivity contribution in [3.05, 3.63) is 0 Å².